The van der Waals surface area contributed by atoms with Gasteiger partial charge in [0, 0.05) is 5.02 Å². The van der Waals surface area contributed by atoms with Crippen molar-refractivity contribution in [2.45, 2.75) is 52.4 Å². The van der Waals surface area contributed by atoms with E-state index in [1.54, 1.807) is 0 Å². The first-order chi connectivity index (χ1) is 7.77. The molecule has 1 heteroatoms. The molecule has 0 aromatic heterocycles. The Labute approximate surface area is 105 Å². The first-order valence-electron chi connectivity index (χ1n) is 6.51. The molecule has 0 amide bonds. The summed E-state index contributed by atoms with van der Waals surface area (Å²) < 4.78 is 0. The SMILES string of the molecule is CCCC(CCC)CCc1ccccc1Cl. The zero-order valence-corrected chi connectivity index (χ0v) is 11.3. The standard InChI is InChI=1S/C15H23Cl/c1-3-7-13(8-4-2)11-12-14-9-5-6-10-15(14)16/h5-6,9-10,13H,3-4,7-8,11-12H2,1-2H3. The van der Waals surface area contributed by atoms with Gasteiger partial charge in [0.25, 0.3) is 0 Å². The van der Waals surface area contributed by atoms with E-state index in [1.165, 1.54) is 37.7 Å². The molecule has 0 fully saturated rings. The first-order valence-corrected chi connectivity index (χ1v) is 6.89. The van der Waals surface area contributed by atoms with Gasteiger partial charge in [-0.05, 0) is 30.4 Å². The van der Waals surface area contributed by atoms with Gasteiger partial charge in [-0.3, -0.25) is 0 Å². The summed E-state index contributed by atoms with van der Waals surface area (Å²) in [6, 6.07) is 8.22. The van der Waals surface area contributed by atoms with Crippen molar-refractivity contribution in [2.75, 3.05) is 0 Å². The van der Waals surface area contributed by atoms with E-state index in [1.807, 2.05) is 12.1 Å². The van der Waals surface area contributed by atoms with Gasteiger partial charge >= 0.3 is 0 Å². The molecule has 0 saturated heterocycles. The maximum Gasteiger partial charge on any atom is 0.0437 e. The van der Waals surface area contributed by atoms with Crippen LogP contribution in [0.1, 0.15) is 51.5 Å². The van der Waals surface area contributed by atoms with Crippen LogP contribution in [0.2, 0.25) is 5.02 Å². The van der Waals surface area contributed by atoms with Crippen molar-refractivity contribution in [1.29, 1.82) is 0 Å². The summed E-state index contributed by atoms with van der Waals surface area (Å²) in [6.07, 6.45) is 7.73. The monoisotopic (exact) mass is 238 g/mol. The molecule has 0 spiro atoms. The highest BCUT2D eigenvalue weighted by Gasteiger charge is 2.08. The van der Waals surface area contributed by atoms with Gasteiger partial charge in [0.2, 0.25) is 0 Å². The number of halogens is 1. The van der Waals surface area contributed by atoms with Crippen molar-refractivity contribution < 1.29 is 0 Å². The lowest BCUT2D eigenvalue weighted by Gasteiger charge is -2.15. The molecule has 0 N–H and O–H groups in total. The topological polar surface area (TPSA) is 0 Å². The second kappa shape index (κ2) is 7.73. The third-order valence-corrected chi connectivity index (χ3v) is 3.54. The van der Waals surface area contributed by atoms with Crippen molar-refractivity contribution in [2.24, 2.45) is 5.92 Å². The number of hydrogen-bond acceptors (Lipinski definition) is 0. The van der Waals surface area contributed by atoms with Crippen LogP contribution in [0.15, 0.2) is 24.3 Å². The lowest BCUT2D eigenvalue weighted by molar-refractivity contribution is 0.411. The number of benzene rings is 1. The van der Waals surface area contributed by atoms with Crippen LogP contribution < -0.4 is 0 Å². The molecule has 0 bridgehead atoms. The van der Waals surface area contributed by atoms with E-state index >= 15 is 0 Å². The van der Waals surface area contributed by atoms with Gasteiger partial charge in [0.05, 0.1) is 0 Å². The summed E-state index contributed by atoms with van der Waals surface area (Å²) >= 11 is 6.16. The van der Waals surface area contributed by atoms with E-state index in [0.717, 1.165) is 17.4 Å². The molecule has 1 aromatic carbocycles. The van der Waals surface area contributed by atoms with E-state index in [-0.39, 0.29) is 0 Å². The Hall–Kier alpha value is -0.490. The van der Waals surface area contributed by atoms with Crippen molar-refractivity contribution >= 4 is 11.6 Å². The highest BCUT2D eigenvalue weighted by Crippen LogP contribution is 2.23. The maximum atomic E-state index is 6.16. The third kappa shape index (κ3) is 4.57. The number of rotatable bonds is 7. The number of aryl methyl sites for hydroxylation is 1. The van der Waals surface area contributed by atoms with Gasteiger partial charge in [-0.15, -0.1) is 0 Å². The van der Waals surface area contributed by atoms with Crippen molar-refractivity contribution in [3.63, 3.8) is 0 Å². The minimum Gasteiger partial charge on any atom is -0.0840 e. The number of hydrogen-bond donors (Lipinski definition) is 0. The van der Waals surface area contributed by atoms with Crippen molar-refractivity contribution in [3.8, 4) is 0 Å². The van der Waals surface area contributed by atoms with Crippen LogP contribution >= 0.6 is 11.6 Å². The van der Waals surface area contributed by atoms with E-state index in [2.05, 4.69) is 26.0 Å². The summed E-state index contributed by atoms with van der Waals surface area (Å²) in [4.78, 5) is 0. The Balaban J connectivity index is 2.45. The lowest BCUT2D eigenvalue weighted by atomic mass is 9.91. The molecule has 0 heterocycles. The summed E-state index contributed by atoms with van der Waals surface area (Å²) in [7, 11) is 0. The fourth-order valence-electron chi connectivity index (χ4n) is 2.31. The van der Waals surface area contributed by atoms with Crippen LogP contribution in [-0.2, 0) is 6.42 Å². The summed E-state index contributed by atoms with van der Waals surface area (Å²) in [5, 5.41) is 0.925. The highest BCUT2D eigenvalue weighted by molar-refractivity contribution is 6.31. The first kappa shape index (κ1) is 13.6. The molecule has 90 valence electrons. The summed E-state index contributed by atoms with van der Waals surface area (Å²) in [5.74, 6) is 0.881. The predicted molar refractivity (Wildman–Crippen MR) is 73.1 cm³/mol. The van der Waals surface area contributed by atoms with E-state index in [0.29, 0.717) is 0 Å². The van der Waals surface area contributed by atoms with Gasteiger partial charge < -0.3 is 0 Å². The van der Waals surface area contributed by atoms with Crippen LogP contribution in [0, 0.1) is 5.92 Å². The molecule has 1 rings (SSSR count). The van der Waals surface area contributed by atoms with Crippen LogP contribution in [0.25, 0.3) is 0 Å². The molecule has 0 unspecified atom stereocenters. The Morgan fingerprint density at radius 1 is 1.00 bits per heavy atom. The largest absolute Gasteiger partial charge is 0.0840 e. The normalized spacial score (nSPS) is 11.0. The fraction of sp³-hybridized carbons (Fsp3) is 0.600. The van der Waals surface area contributed by atoms with Gasteiger partial charge in [-0.25, -0.2) is 0 Å². The Bertz CT molecular complexity index is 287. The quantitative estimate of drug-likeness (QED) is 0.589. The minimum atomic E-state index is 0.881. The Morgan fingerprint density at radius 3 is 2.19 bits per heavy atom. The van der Waals surface area contributed by atoms with Crippen LogP contribution in [0.4, 0.5) is 0 Å². The van der Waals surface area contributed by atoms with Gasteiger partial charge in [0.1, 0.15) is 0 Å². The molecule has 0 atom stereocenters. The predicted octanol–water partition coefficient (Wildman–Crippen LogP) is 5.49. The van der Waals surface area contributed by atoms with Crippen LogP contribution in [0.5, 0.6) is 0 Å². The van der Waals surface area contributed by atoms with E-state index in [4.69, 9.17) is 11.6 Å². The molecule has 0 saturated carbocycles. The summed E-state index contributed by atoms with van der Waals surface area (Å²) in [6.45, 7) is 4.55. The Kier molecular flexibility index (Phi) is 6.56. The van der Waals surface area contributed by atoms with Crippen LogP contribution in [-0.4, -0.2) is 0 Å². The molecular formula is C15H23Cl. The molecule has 0 aliphatic carbocycles. The second-order valence-electron chi connectivity index (χ2n) is 4.57. The summed E-state index contributed by atoms with van der Waals surface area (Å²) in [5.41, 5.74) is 1.31. The molecule has 1 aromatic rings. The highest BCUT2D eigenvalue weighted by atomic mass is 35.5. The molecule has 0 radical (unpaired) electrons. The van der Waals surface area contributed by atoms with Crippen LogP contribution in [0.3, 0.4) is 0 Å². The minimum absolute atomic E-state index is 0.881. The molecule has 16 heavy (non-hydrogen) atoms. The second-order valence-corrected chi connectivity index (χ2v) is 4.98. The average molecular weight is 239 g/mol. The van der Waals surface area contributed by atoms with Crippen molar-refractivity contribution in [3.05, 3.63) is 34.9 Å². The van der Waals surface area contributed by atoms with Gasteiger partial charge in [0.15, 0.2) is 0 Å². The van der Waals surface area contributed by atoms with Gasteiger partial charge in [-0.1, -0.05) is 69.3 Å². The molecule has 0 aliphatic heterocycles. The maximum absolute atomic E-state index is 6.16. The Morgan fingerprint density at radius 2 is 1.62 bits per heavy atom. The molecule has 0 nitrogen and oxygen atoms in total. The fourth-order valence-corrected chi connectivity index (χ4v) is 2.54. The lowest BCUT2D eigenvalue weighted by Crippen LogP contribution is -2.02. The zero-order valence-electron chi connectivity index (χ0n) is 10.5. The van der Waals surface area contributed by atoms with E-state index in [9.17, 15) is 0 Å². The van der Waals surface area contributed by atoms with Gasteiger partial charge in [-0.2, -0.15) is 0 Å². The van der Waals surface area contributed by atoms with Crippen molar-refractivity contribution in [1.82, 2.24) is 0 Å². The molecular weight excluding hydrogens is 216 g/mol. The average Bonchev–Trinajstić information content (AvgIpc) is 2.28. The van der Waals surface area contributed by atoms with E-state index < -0.39 is 0 Å². The third-order valence-electron chi connectivity index (χ3n) is 3.17. The smallest absolute Gasteiger partial charge is 0.0437 e. The molecule has 0 aliphatic rings. The zero-order chi connectivity index (χ0) is 11.8.